The van der Waals surface area contributed by atoms with Gasteiger partial charge in [-0.1, -0.05) is 6.92 Å². The predicted molar refractivity (Wildman–Crippen MR) is 60.6 cm³/mol. The molecule has 0 amide bonds. The van der Waals surface area contributed by atoms with Crippen molar-refractivity contribution >= 4 is 16.5 Å². The molecule has 0 bridgehead atoms. The van der Waals surface area contributed by atoms with Crippen LogP contribution in [0.2, 0.25) is 0 Å². The summed E-state index contributed by atoms with van der Waals surface area (Å²) in [5.41, 5.74) is 6.93. The summed E-state index contributed by atoms with van der Waals surface area (Å²) in [5, 5.41) is 4.29. The van der Waals surface area contributed by atoms with Crippen LogP contribution in [0.5, 0.6) is 0 Å². The lowest BCUT2D eigenvalue weighted by molar-refractivity contribution is -0.00000310. The molecule has 0 spiro atoms. The van der Waals surface area contributed by atoms with Crippen LogP contribution in [0.25, 0.3) is 0 Å². The van der Waals surface area contributed by atoms with Crippen molar-refractivity contribution < 1.29 is 12.4 Å². The molecule has 1 aromatic rings. The highest BCUT2D eigenvalue weighted by molar-refractivity contribution is 7.15. The van der Waals surface area contributed by atoms with Gasteiger partial charge >= 0.3 is 0 Å². The summed E-state index contributed by atoms with van der Waals surface area (Å²) in [6, 6.07) is 0.641. The molecule has 5 heteroatoms. The highest BCUT2D eigenvalue weighted by Gasteiger charge is 2.21. The summed E-state index contributed by atoms with van der Waals surface area (Å²) >= 11 is 1.65. The van der Waals surface area contributed by atoms with Gasteiger partial charge in [0.1, 0.15) is 0 Å². The van der Waals surface area contributed by atoms with Gasteiger partial charge in [-0.05, 0) is 32.2 Å². The number of hydrogen-bond donors (Lipinski definition) is 2. The Morgan fingerprint density at radius 3 is 3.13 bits per heavy atom. The fourth-order valence-electron chi connectivity index (χ4n) is 1.92. The van der Waals surface area contributed by atoms with E-state index in [2.05, 4.69) is 17.2 Å². The third-order valence-corrected chi connectivity index (χ3v) is 3.59. The second-order valence-electron chi connectivity index (χ2n) is 3.82. The summed E-state index contributed by atoms with van der Waals surface area (Å²) in [7, 11) is 0. The van der Waals surface area contributed by atoms with E-state index >= 15 is 0 Å². The highest BCUT2D eigenvalue weighted by atomic mass is 35.5. The number of thiazole rings is 1. The van der Waals surface area contributed by atoms with Crippen molar-refractivity contribution in [2.75, 3.05) is 12.3 Å². The normalized spacial score (nSPS) is 19.4. The fraction of sp³-hybridized carbons (Fsp3) is 0.700. The average Bonchev–Trinajstić information content (AvgIpc) is 2.54. The third kappa shape index (κ3) is 3.06. The Balaban J connectivity index is 0.00000112. The Labute approximate surface area is 101 Å². The molecule has 0 aromatic carbocycles. The van der Waals surface area contributed by atoms with Crippen molar-refractivity contribution in [3.63, 3.8) is 0 Å². The van der Waals surface area contributed by atoms with E-state index in [1.165, 1.54) is 23.4 Å². The van der Waals surface area contributed by atoms with Crippen molar-refractivity contribution in [3.05, 3.63) is 10.6 Å². The topological polar surface area (TPSA) is 50.9 Å². The number of aryl methyl sites for hydroxylation is 1. The van der Waals surface area contributed by atoms with Gasteiger partial charge in [-0.2, -0.15) is 0 Å². The molecule has 1 aliphatic carbocycles. The van der Waals surface area contributed by atoms with Crippen molar-refractivity contribution in [3.8, 4) is 0 Å². The number of nitrogens with zero attached hydrogens (tertiary/aromatic N) is 1. The van der Waals surface area contributed by atoms with Gasteiger partial charge in [0.2, 0.25) is 0 Å². The first-order chi connectivity index (χ1) is 6.79. The Hall–Kier alpha value is -0.320. The zero-order chi connectivity index (χ0) is 9.97. The quantitative estimate of drug-likeness (QED) is 0.689. The second-order valence-corrected chi connectivity index (χ2v) is 4.93. The number of hydrogen-bond acceptors (Lipinski definition) is 4. The Kier molecular flexibility index (Phi) is 4.83. The van der Waals surface area contributed by atoms with Gasteiger partial charge in [0.15, 0.2) is 5.13 Å². The number of nitrogen functional groups attached to an aromatic ring is 1. The lowest BCUT2D eigenvalue weighted by atomic mass is 9.98. The predicted octanol–water partition coefficient (Wildman–Crippen LogP) is -1.41. The standard InChI is InChI=1S/C10H17N3S.ClH/c1-2-5-12-7-3-4-8-9(6-7)14-10(11)13-8;/h7,12H,2-6H2,1H3,(H2,11,13);1H/p-1. The Morgan fingerprint density at radius 2 is 2.40 bits per heavy atom. The van der Waals surface area contributed by atoms with E-state index in [0.29, 0.717) is 6.04 Å². The van der Waals surface area contributed by atoms with Gasteiger partial charge < -0.3 is 23.5 Å². The molecule has 0 fully saturated rings. The molecule has 86 valence electrons. The highest BCUT2D eigenvalue weighted by Crippen LogP contribution is 2.27. The SMILES string of the molecule is CCCNC1CCc2nc(N)sc2C1.[Cl-]. The zero-order valence-electron chi connectivity index (χ0n) is 8.92. The zero-order valence-corrected chi connectivity index (χ0v) is 10.5. The number of rotatable bonds is 3. The first-order valence-electron chi connectivity index (χ1n) is 5.27. The van der Waals surface area contributed by atoms with E-state index in [1.54, 1.807) is 11.3 Å². The van der Waals surface area contributed by atoms with Crippen LogP contribution in [0.1, 0.15) is 30.3 Å². The van der Waals surface area contributed by atoms with E-state index in [4.69, 9.17) is 5.73 Å². The summed E-state index contributed by atoms with van der Waals surface area (Å²) in [6.07, 6.45) is 4.61. The Morgan fingerprint density at radius 1 is 1.60 bits per heavy atom. The van der Waals surface area contributed by atoms with Crippen molar-refractivity contribution in [2.24, 2.45) is 0 Å². The van der Waals surface area contributed by atoms with Crippen LogP contribution in [-0.2, 0) is 12.8 Å². The molecule has 1 aromatic heterocycles. The van der Waals surface area contributed by atoms with Gasteiger partial charge in [0.25, 0.3) is 0 Å². The summed E-state index contributed by atoms with van der Waals surface area (Å²) in [4.78, 5) is 5.73. The van der Waals surface area contributed by atoms with Crippen molar-refractivity contribution in [1.29, 1.82) is 0 Å². The number of nitrogens with one attached hydrogen (secondary N) is 1. The number of aromatic nitrogens is 1. The molecular formula is C10H17ClN3S-. The van der Waals surface area contributed by atoms with Crippen LogP contribution < -0.4 is 23.5 Å². The van der Waals surface area contributed by atoms with Gasteiger partial charge in [0, 0.05) is 10.9 Å². The number of anilines is 1. The first-order valence-corrected chi connectivity index (χ1v) is 6.08. The van der Waals surface area contributed by atoms with E-state index in [9.17, 15) is 0 Å². The molecule has 1 atom stereocenters. The van der Waals surface area contributed by atoms with E-state index in [1.807, 2.05) is 0 Å². The third-order valence-electron chi connectivity index (χ3n) is 2.64. The van der Waals surface area contributed by atoms with Crippen molar-refractivity contribution in [2.45, 2.75) is 38.6 Å². The summed E-state index contributed by atoms with van der Waals surface area (Å²) < 4.78 is 0. The van der Waals surface area contributed by atoms with Crippen LogP contribution >= 0.6 is 11.3 Å². The minimum absolute atomic E-state index is 0. The molecule has 0 aliphatic heterocycles. The second kappa shape index (κ2) is 5.68. The molecule has 1 aliphatic rings. The minimum atomic E-state index is 0. The first kappa shape index (κ1) is 12.7. The van der Waals surface area contributed by atoms with Crippen LogP contribution in [-0.4, -0.2) is 17.6 Å². The molecule has 15 heavy (non-hydrogen) atoms. The van der Waals surface area contributed by atoms with Gasteiger partial charge in [0.05, 0.1) is 5.69 Å². The molecule has 3 nitrogen and oxygen atoms in total. The van der Waals surface area contributed by atoms with Gasteiger partial charge in [-0.3, -0.25) is 0 Å². The lowest BCUT2D eigenvalue weighted by Gasteiger charge is -2.21. The summed E-state index contributed by atoms with van der Waals surface area (Å²) in [5.74, 6) is 0. The maximum Gasteiger partial charge on any atom is 0.180 e. The molecule has 1 heterocycles. The minimum Gasteiger partial charge on any atom is -1.00 e. The number of fused-ring (bicyclic) bond motifs is 1. The van der Waals surface area contributed by atoms with E-state index < -0.39 is 0 Å². The smallest absolute Gasteiger partial charge is 0.180 e. The molecule has 0 radical (unpaired) electrons. The van der Waals surface area contributed by atoms with Crippen LogP contribution in [0.4, 0.5) is 5.13 Å². The molecule has 3 N–H and O–H groups in total. The molecule has 1 unspecified atom stereocenters. The molecular weight excluding hydrogens is 230 g/mol. The number of nitrogens with two attached hydrogens (primary N) is 1. The molecule has 0 saturated heterocycles. The van der Waals surface area contributed by atoms with Crippen LogP contribution in [0, 0.1) is 0 Å². The maximum absolute atomic E-state index is 5.69. The monoisotopic (exact) mass is 246 g/mol. The number of halogens is 1. The van der Waals surface area contributed by atoms with Gasteiger partial charge in [-0.25, -0.2) is 4.98 Å². The van der Waals surface area contributed by atoms with Crippen LogP contribution in [0.3, 0.4) is 0 Å². The van der Waals surface area contributed by atoms with E-state index in [0.717, 1.165) is 24.5 Å². The Bertz CT molecular complexity index is 314. The van der Waals surface area contributed by atoms with Gasteiger partial charge in [-0.15, -0.1) is 11.3 Å². The maximum atomic E-state index is 5.69. The lowest BCUT2D eigenvalue weighted by Crippen LogP contribution is -3.00. The summed E-state index contributed by atoms with van der Waals surface area (Å²) in [6.45, 7) is 3.32. The molecule has 0 saturated carbocycles. The largest absolute Gasteiger partial charge is 1.00 e. The van der Waals surface area contributed by atoms with Crippen LogP contribution in [0.15, 0.2) is 0 Å². The fourth-order valence-corrected chi connectivity index (χ4v) is 2.88. The molecule has 2 rings (SSSR count). The van der Waals surface area contributed by atoms with Crippen molar-refractivity contribution in [1.82, 2.24) is 10.3 Å². The average molecular weight is 247 g/mol. The van der Waals surface area contributed by atoms with E-state index in [-0.39, 0.29) is 12.4 Å².